The van der Waals surface area contributed by atoms with Crippen molar-refractivity contribution in [1.82, 2.24) is 62.6 Å². The number of aliphatic carboxylic acids is 1. The fourth-order valence-electron chi connectivity index (χ4n) is 5.26. The quantitative estimate of drug-likeness (QED) is 0.0277. The molecule has 41 nitrogen and oxygen atoms in total. The van der Waals surface area contributed by atoms with E-state index in [0.29, 0.717) is 17.1 Å². The number of nitrogens with zero attached hydrogens (tertiary/aromatic N) is 5. The molecule has 16 N–H and O–H groups in total. The Hall–Kier alpha value is -8.84. The highest BCUT2D eigenvalue weighted by atomic mass is 36.0. The zero-order valence-electron chi connectivity index (χ0n) is 64.5. The topological polar surface area (TPSA) is 635 Å². The molecule has 0 aliphatic rings. The van der Waals surface area contributed by atoms with Gasteiger partial charge in [0.15, 0.2) is 29.3 Å². The normalized spacial score (nSPS) is 11.5. The molecule has 0 saturated heterocycles. The number of primary amides is 1. The maximum absolute atomic E-state index is 11.5. The van der Waals surface area contributed by atoms with Crippen LogP contribution in [0.4, 0.5) is 27.6 Å². The zero-order valence-corrected chi connectivity index (χ0v) is 70.2. The average Bonchev–Trinajstić information content (AvgIpc) is 0.871. The van der Waals surface area contributed by atoms with Crippen molar-refractivity contribution in [2.24, 2.45) is 11.5 Å². The number of rotatable bonds is 17. The summed E-state index contributed by atoms with van der Waals surface area (Å²) in [6, 6.07) is -3.49. The van der Waals surface area contributed by atoms with Crippen LogP contribution < -0.4 is 49.8 Å². The number of ketones is 1. The summed E-state index contributed by atoms with van der Waals surface area (Å²) in [5.41, 5.74) is 9.58. The molecule has 111 heavy (non-hydrogen) atoms. The predicted octanol–water partition coefficient (Wildman–Crippen LogP) is 5.04. The number of Topliss-reactive ketones (excluding diaryl/α,β-unsaturated/α-hetero) is 1. The summed E-state index contributed by atoms with van der Waals surface area (Å²) in [5, 5.41) is 34.3. The number of methoxy groups -OCH3 is 5. The number of alkyl carbamates (subject to hydrolysis) is 3. The Bertz CT molecular complexity index is 3540. The Kier molecular flexibility index (Phi) is 64.6. The van der Waals surface area contributed by atoms with E-state index in [9.17, 15) is 90.0 Å². The van der Waals surface area contributed by atoms with Crippen LogP contribution in [0.5, 0.6) is 0 Å². The minimum atomic E-state index is -4.64. The highest BCUT2D eigenvalue weighted by Gasteiger charge is 2.29. The number of carboxylic acids is 1. The third kappa shape index (κ3) is 72.5. The van der Waals surface area contributed by atoms with Crippen LogP contribution in [0.2, 0.25) is 10.3 Å². The first kappa shape index (κ1) is 118. The van der Waals surface area contributed by atoms with Crippen molar-refractivity contribution in [3.05, 3.63) is 73.4 Å². The molecule has 0 aliphatic heterocycles. The Morgan fingerprint density at radius 1 is 0.604 bits per heavy atom. The van der Waals surface area contributed by atoms with Crippen molar-refractivity contribution in [3.8, 4) is 0 Å². The monoisotopic (exact) mass is 1740 g/mol. The third-order valence-electron chi connectivity index (χ3n) is 9.74. The number of esters is 5. The van der Waals surface area contributed by atoms with Gasteiger partial charge >= 0.3 is 65.5 Å². The van der Waals surface area contributed by atoms with Gasteiger partial charge in [-0.25, -0.2) is 43.5 Å². The largest absolute Gasteiger partial charge is 0.480 e. The number of ether oxygens (including phenoxy) is 8. The fraction of sp³-hybridized carbons (Fsp3) is 0.567. The summed E-state index contributed by atoms with van der Waals surface area (Å²) in [6.45, 7) is 27.1. The molecule has 0 spiro atoms. The van der Waals surface area contributed by atoms with Crippen LogP contribution in [0.15, 0.2) is 23.4 Å². The Morgan fingerprint density at radius 3 is 1.22 bits per heavy atom. The number of aliphatic hydroxyl groups excluding tert-OH is 2. The van der Waals surface area contributed by atoms with Crippen molar-refractivity contribution in [1.29, 1.82) is 0 Å². The second kappa shape index (κ2) is 60.8. The number of aryl methyl sites for hydroxylation is 3. The molecule has 636 valence electrons. The van der Waals surface area contributed by atoms with Gasteiger partial charge in [-0.3, -0.25) is 57.9 Å². The summed E-state index contributed by atoms with van der Waals surface area (Å²) in [6.07, 6.45) is -6.05. The fourth-order valence-corrected chi connectivity index (χ4v) is 5.52. The minimum absolute atomic E-state index is 0. The summed E-state index contributed by atoms with van der Waals surface area (Å²) in [5.74, 6) is -6.98. The van der Waals surface area contributed by atoms with Gasteiger partial charge in [-0.2, -0.15) is 13.2 Å². The number of carbonyl (C=O) groups excluding carboxylic acids is 13. The van der Waals surface area contributed by atoms with Crippen LogP contribution in [-0.2, 0) is 80.8 Å². The van der Waals surface area contributed by atoms with Gasteiger partial charge in [0.05, 0.1) is 83.4 Å². The van der Waals surface area contributed by atoms with Crippen LogP contribution in [0, 0.1) is 20.8 Å². The summed E-state index contributed by atoms with van der Waals surface area (Å²) in [4.78, 5) is 184. The second-order valence-corrected chi connectivity index (χ2v) is 31.5. The molecular weight excluding hydrogens is 1640 g/mol. The number of aliphatic hydroxyl groups is 2. The molecule has 0 aromatic carbocycles. The van der Waals surface area contributed by atoms with Crippen LogP contribution in [0.1, 0.15) is 132 Å². The highest BCUT2D eigenvalue weighted by molar-refractivity contribution is 8.24. The number of halogens is 8. The van der Waals surface area contributed by atoms with Gasteiger partial charge in [-0.1, -0.05) is 23.2 Å². The van der Waals surface area contributed by atoms with E-state index in [1.807, 2.05) is 0 Å². The molecule has 0 bridgehead atoms. The van der Waals surface area contributed by atoms with Crippen LogP contribution >= 0.6 is 70.7 Å². The second-order valence-electron chi connectivity index (χ2n) is 23.1. The number of alkyl halides is 3. The van der Waals surface area contributed by atoms with Gasteiger partial charge in [-0.15, -0.1) is 8.58 Å². The molecule has 3 rings (SSSR count). The molecule has 0 saturated carbocycles. The molecule has 0 fully saturated rings. The number of carbonyl (C=O) groups is 14. The summed E-state index contributed by atoms with van der Waals surface area (Å²) >= 11 is 24.9. The molecule has 6 amide bonds. The van der Waals surface area contributed by atoms with Gasteiger partial charge in [-0.05, 0) is 151 Å². The van der Waals surface area contributed by atoms with Gasteiger partial charge < -0.3 is 102 Å². The van der Waals surface area contributed by atoms with E-state index in [2.05, 4.69) is 127 Å². The first-order chi connectivity index (χ1) is 49.9. The first-order valence-electron chi connectivity index (χ1n) is 30.3. The van der Waals surface area contributed by atoms with E-state index in [1.54, 1.807) is 83.1 Å². The lowest BCUT2D eigenvalue weighted by atomic mass is 10.2. The maximum atomic E-state index is 11.5. The number of aldehydes is 1. The van der Waals surface area contributed by atoms with E-state index < -0.39 is 161 Å². The molecule has 5 atom stereocenters. The standard InChI is InChI=1S/C12H22N2O6.C12H20N2O6.C7H7ClN2O2.C7H8N2O3.C7H13NO4.C6H6ClN3O.C5H11NO3.C2HF3O.C2H7P.Cl3OP.H3N/c2*1-7(15)9(10(17)19-5)14-8(16)6-13-11(18)20-12(2,3)4;1-4-6(7(11)12-2)10-5(8)3-9-4;1-4-6(7(11)12-2)9-5(10)3-8-4;1-7(2,3)12-6(11)8-4-5(9)10;1-3-5(6(8)11)10-4(7)2-9-3;1-3(7)4(6)5(8)9-2;3-2(4,5)1-6;1-3-2;1-5(2,3)4;/h7,9,15H,6H2,1-5H3,(H,13,18)(H,14,16);9H,6H2,1-5H3,(H,13,18)(H,14,16);3H,1-2H3;3H,1-2H3,(H,9,10);4H2,1-3H3,(H,8,11)(H,9,10);2H,1H3,(H2,8,11);3-4,7H,6H2,1-2H3;1H;3H,1-2H3;;1H3/t7-,9+;9-;;;;;3-,4+;;;;/m10....1..../s1. The number of H-pyrrole nitrogens is 1. The molecule has 0 radical (unpaired) electrons. The van der Waals surface area contributed by atoms with Crippen LogP contribution in [0.3, 0.4) is 0 Å². The maximum Gasteiger partial charge on any atom is 0.446 e. The molecule has 0 aliphatic carbocycles. The van der Waals surface area contributed by atoms with E-state index in [1.165, 1.54) is 47.6 Å². The van der Waals surface area contributed by atoms with Gasteiger partial charge in [0.1, 0.15) is 58.5 Å². The van der Waals surface area contributed by atoms with Crippen LogP contribution in [0.25, 0.3) is 0 Å². The van der Waals surface area contributed by atoms with Gasteiger partial charge in [0, 0.05) is 0 Å². The van der Waals surface area contributed by atoms with Crippen molar-refractivity contribution < 1.29 is 138 Å². The number of hydrogen-bond donors (Lipinski definition) is 12. The van der Waals surface area contributed by atoms with Crippen molar-refractivity contribution >= 4 is 155 Å². The van der Waals surface area contributed by atoms with E-state index in [4.69, 9.17) is 63.9 Å². The highest BCUT2D eigenvalue weighted by Crippen LogP contribution is 2.61. The lowest BCUT2D eigenvalue weighted by Gasteiger charge is -2.21. The van der Waals surface area contributed by atoms with Crippen molar-refractivity contribution in [2.75, 3.05) is 68.5 Å². The molecule has 51 heteroatoms. The molecule has 3 aromatic heterocycles. The Balaban J connectivity index is -0.000000183. The lowest BCUT2D eigenvalue weighted by molar-refractivity contribution is -0.156. The number of aromatic amines is 1. The molecule has 0 unspecified atom stereocenters. The Morgan fingerprint density at radius 2 is 0.937 bits per heavy atom. The van der Waals surface area contributed by atoms with E-state index in [0.717, 1.165) is 35.9 Å². The number of amides is 6. The zero-order chi connectivity index (χ0) is 88.2. The van der Waals surface area contributed by atoms with E-state index >= 15 is 0 Å². The minimum Gasteiger partial charge on any atom is -0.480 e. The van der Waals surface area contributed by atoms with Crippen molar-refractivity contribution in [3.63, 3.8) is 0 Å². The molecular formula is C60H98Cl5F3N14O27P2. The first-order valence-corrected chi connectivity index (χ1v) is 37.5. The predicted molar refractivity (Wildman–Crippen MR) is 399 cm³/mol. The number of carboxylic acid groups (broad SMARTS) is 1. The third-order valence-corrected chi connectivity index (χ3v) is 10.1. The number of nitrogens with one attached hydrogen (secondary N) is 6. The van der Waals surface area contributed by atoms with Crippen molar-refractivity contribution in [2.45, 2.75) is 157 Å². The smallest absolute Gasteiger partial charge is 0.446 e. The average molecular weight is 1740 g/mol. The molecule has 3 aromatic rings. The number of nitrogens with two attached hydrogens (primary N) is 2. The SMILES string of the molecule is CC(C)(C)OC(=O)NCC(=O)O.COC(=O)[C@@H](N)[C@@H](C)O.COC(=O)[C@@H](NC(=O)CNC(=O)OC(C)(C)C)C(C)=O.COC(=O)[C@@H](NC(=O)CNC(=O)OC(C)(C)C)[C@@H](C)O.COC(=O)c1[nH]c(=O)cnc1C.COC(=O)c1nc(Cl)cnc1C.CPC.Cc1ncc(Cl)nc1C(N)=O.N.O=CC(F)(F)F.O=P(Cl)(Cl)Cl. The van der Waals surface area contributed by atoms with Gasteiger partial charge in [0.25, 0.3) is 11.5 Å². The van der Waals surface area contributed by atoms with Gasteiger partial charge in [0.2, 0.25) is 18.1 Å². The Labute approximate surface area is 662 Å². The summed E-state index contributed by atoms with van der Waals surface area (Å²) < 4.78 is 77.4. The summed E-state index contributed by atoms with van der Waals surface area (Å²) in [7, 11) is 7.08. The molecule has 3 heterocycles. The lowest BCUT2D eigenvalue weighted by Crippen LogP contribution is -2.51. The van der Waals surface area contributed by atoms with Crippen LogP contribution in [-0.4, -0.2) is 251 Å². The van der Waals surface area contributed by atoms with E-state index in [-0.39, 0.29) is 40.1 Å². The number of aromatic nitrogens is 6. The number of hydrogen-bond acceptors (Lipinski definition) is 33.